The zero-order valence-electron chi connectivity index (χ0n) is 29.6. The smallest absolute Gasteiger partial charge is 0.167 e. The minimum atomic E-state index is -0.00304. The fourth-order valence-electron chi connectivity index (χ4n) is 6.94. The lowest BCUT2D eigenvalue weighted by Crippen LogP contribution is -2.35. The molecule has 2 aliphatic heterocycles. The van der Waals surface area contributed by atoms with Gasteiger partial charge in [-0.15, -0.1) is 0 Å². The van der Waals surface area contributed by atoms with Crippen LogP contribution < -0.4 is 15.2 Å². The highest BCUT2D eigenvalue weighted by Gasteiger charge is 2.35. The summed E-state index contributed by atoms with van der Waals surface area (Å²) in [6.07, 6.45) is 20.1. The van der Waals surface area contributed by atoms with Crippen LogP contribution in [-0.2, 0) is 4.74 Å². The normalized spacial score (nSPS) is 19.1. The Labute approximate surface area is 286 Å². The Hall–Kier alpha value is -4.49. The number of carbonyl (C=O) groups is 1. The summed E-state index contributed by atoms with van der Waals surface area (Å²) in [5.74, 6) is 1.86. The highest BCUT2D eigenvalue weighted by atomic mass is 16.5. The van der Waals surface area contributed by atoms with Crippen LogP contribution in [0.15, 0.2) is 102 Å². The first-order valence-corrected chi connectivity index (χ1v) is 16.9. The first-order valence-electron chi connectivity index (χ1n) is 16.9. The van der Waals surface area contributed by atoms with E-state index in [0.717, 1.165) is 54.5 Å². The number of carbonyl (C=O) groups excluding carboxylic acids is 1. The van der Waals surface area contributed by atoms with E-state index in [9.17, 15) is 4.79 Å². The van der Waals surface area contributed by atoms with Crippen LogP contribution in [0, 0.1) is 12.8 Å². The van der Waals surface area contributed by atoms with Gasteiger partial charge >= 0.3 is 0 Å². The predicted octanol–water partition coefficient (Wildman–Crippen LogP) is 8.61. The molecule has 1 aliphatic carbocycles. The monoisotopic (exact) mass is 649 g/mol. The summed E-state index contributed by atoms with van der Waals surface area (Å²) in [5, 5.41) is 0. The molecule has 2 heterocycles. The fraction of sp³-hybridized carbons (Fsp3) is 0.390. The summed E-state index contributed by atoms with van der Waals surface area (Å²) in [6, 6.07) is 11.7. The number of fused-ring (bicyclic) bond motifs is 1. The number of allylic oxidation sites excluding steroid dienone is 7. The molecule has 0 fully saturated rings. The molecule has 0 radical (unpaired) electrons. The number of methoxy groups -OCH3 is 3. The summed E-state index contributed by atoms with van der Waals surface area (Å²) in [6.45, 7) is 6.39. The van der Waals surface area contributed by atoms with E-state index in [-0.39, 0.29) is 18.1 Å². The molecule has 5 rings (SSSR count). The predicted molar refractivity (Wildman–Crippen MR) is 196 cm³/mol. The minimum Gasteiger partial charge on any atom is -0.493 e. The molecular formula is C41H51N3O4. The highest BCUT2D eigenvalue weighted by Crippen LogP contribution is 2.40. The molecule has 2 aromatic rings. The minimum absolute atomic E-state index is 0.00304. The average molecular weight is 650 g/mol. The molecule has 2 N–H and O–H groups in total. The number of hydrogen-bond donors (Lipinski definition) is 1. The van der Waals surface area contributed by atoms with Gasteiger partial charge in [0.25, 0.3) is 0 Å². The van der Waals surface area contributed by atoms with Gasteiger partial charge in [-0.1, -0.05) is 55.9 Å². The molecule has 0 amide bonds. The molecular weight excluding hydrogens is 598 g/mol. The molecule has 0 bridgehead atoms. The Morgan fingerprint density at radius 2 is 1.90 bits per heavy atom. The second-order valence-corrected chi connectivity index (χ2v) is 13.3. The van der Waals surface area contributed by atoms with Gasteiger partial charge in [-0.2, -0.15) is 0 Å². The summed E-state index contributed by atoms with van der Waals surface area (Å²) >= 11 is 0. The molecule has 254 valence electrons. The Morgan fingerprint density at radius 1 is 1.08 bits per heavy atom. The molecule has 0 spiro atoms. The van der Waals surface area contributed by atoms with Gasteiger partial charge in [-0.25, -0.2) is 0 Å². The number of likely N-dealkylation sites (N-methyl/N-ethyl adjacent to an activating group) is 1. The first-order chi connectivity index (χ1) is 23.1. The maximum absolute atomic E-state index is 13.8. The van der Waals surface area contributed by atoms with Gasteiger partial charge in [0, 0.05) is 67.8 Å². The Balaban J connectivity index is 1.48. The van der Waals surface area contributed by atoms with E-state index in [1.807, 2.05) is 37.3 Å². The molecule has 7 heteroatoms. The van der Waals surface area contributed by atoms with E-state index in [4.69, 9.17) is 19.9 Å². The van der Waals surface area contributed by atoms with Crippen molar-refractivity contribution in [2.45, 2.75) is 71.6 Å². The van der Waals surface area contributed by atoms with Crippen molar-refractivity contribution in [2.24, 2.45) is 5.92 Å². The van der Waals surface area contributed by atoms with Crippen LogP contribution in [0.25, 0.3) is 5.57 Å². The summed E-state index contributed by atoms with van der Waals surface area (Å²) in [5.41, 5.74) is 15.6. The molecule has 2 unspecified atom stereocenters. The molecule has 2 aromatic carbocycles. The van der Waals surface area contributed by atoms with Crippen molar-refractivity contribution >= 4 is 17.0 Å². The lowest BCUT2D eigenvalue weighted by atomic mass is 9.89. The number of nitrogens with zero attached hydrogens (tertiary/aromatic N) is 2. The Kier molecular flexibility index (Phi) is 11.3. The zero-order valence-corrected chi connectivity index (χ0v) is 29.6. The van der Waals surface area contributed by atoms with Gasteiger partial charge in [0.15, 0.2) is 17.3 Å². The quantitative estimate of drug-likeness (QED) is 0.125. The van der Waals surface area contributed by atoms with Gasteiger partial charge in [0.1, 0.15) is 6.17 Å². The van der Waals surface area contributed by atoms with Crippen molar-refractivity contribution in [3.05, 3.63) is 118 Å². The van der Waals surface area contributed by atoms with Crippen LogP contribution in [0.5, 0.6) is 11.5 Å². The Bertz CT molecular complexity index is 1690. The van der Waals surface area contributed by atoms with Gasteiger partial charge in [0.05, 0.1) is 20.3 Å². The van der Waals surface area contributed by atoms with Crippen molar-refractivity contribution < 1.29 is 19.0 Å². The van der Waals surface area contributed by atoms with Gasteiger partial charge in [0.2, 0.25) is 0 Å². The largest absolute Gasteiger partial charge is 0.493 e. The lowest BCUT2D eigenvalue weighted by Gasteiger charge is -2.30. The fourth-order valence-corrected chi connectivity index (χ4v) is 6.94. The molecule has 7 nitrogen and oxygen atoms in total. The van der Waals surface area contributed by atoms with Crippen LogP contribution in [0.2, 0.25) is 0 Å². The van der Waals surface area contributed by atoms with Crippen molar-refractivity contribution in [1.82, 2.24) is 9.80 Å². The van der Waals surface area contributed by atoms with E-state index in [1.165, 1.54) is 22.5 Å². The molecule has 48 heavy (non-hydrogen) atoms. The standard InChI is InChI=1S/C41H51N3O4/c1-27(2)14-15-29(23-37(45)34-18-21-39(47-6)41(48-7)28(34)3)16-19-35-36(44-22-9-8-13-40(44)43(35)4)26-32-24-31(17-20-38(32)46-5)30-11-10-12-33(42)25-30/h8-13,16-18,21-22,24-25,27,38,40H,14-15,19-20,23,26,42H2,1-7H3/b29-16+. The van der Waals surface area contributed by atoms with Gasteiger partial charge in [-0.3, -0.25) is 4.79 Å². The van der Waals surface area contributed by atoms with E-state index in [2.05, 4.69) is 79.4 Å². The first kappa shape index (κ1) is 34.8. The molecule has 3 aliphatic rings. The van der Waals surface area contributed by atoms with Gasteiger partial charge < -0.3 is 29.7 Å². The average Bonchev–Trinajstić information content (AvgIpc) is 3.35. The number of anilines is 1. The Morgan fingerprint density at radius 3 is 2.60 bits per heavy atom. The van der Waals surface area contributed by atoms with Crippen molar-refractivity contribution in [1.29, 1.82) is 0 Å². The van der Waals surface area contributed by atoms with Crippen LogP contribution in [0.3, 0.4) is 0 Å². The number of ether oxygens (including phenoxy) is 3. The second-order valence-electron chi connectivity index (χ2n) is 13.3. The van der Waals surface area contributed by atoms with E-state index in [0.29, 0.717) is 29.4 Å². The van der Waals surface area contributed by atoms with Crippen molar-refractivity contribution in [3.63, 3.8) is 0 Å². The number of Topliss-reactive ketones (excluding diaryl/α,β-unsaturated/α-hetero) is 1. The topological polar surface area (TPSA) is 77.3 Å². The number of benzene rings is 2. The van der Waals surface area contributed by atoms with Crippen LogP contribution in [0.1, 0.15) is 73.9 Å². The van der Waals surface area contributed by atoms with Crippen molar-refractivity contribution in [2.75, 3.05) is 34.1 Å². The van der Waals surface area contributed by atoms with Crippen molar-refractivity contribution in [3.8, 4) is 11.5 Å². The van der Waals surface area contributed by atoms with Crippen LogP contribution >= 0.6 is 0 Å². The summed E-state index contributed by atoms with van der Waals surface area (Å²) in [7, 11) is 7.19. The second kappa shape index (κ2) is 15.6. The van der Waals surface area contributed by atoms with Crippen LogP contribution in [-0.4, -0.2) is 56.2 Å². The summed E-state index contributed by atoms with van der Waals surface area (Å²) < 4.78 is 17.1. The third-order valence-corrected chi connectivity index (χ3v) is 9.68. The lowest BCUT2D eigenvalue weighted by molar-refractivity contribution is 0.0990. The number of nitrogens with two attached hydrogens (primary N) is 1. The number of nitrogen functional groups attached to an aromatic ring is 1. The maximum Gasteiger partial charge on any atom is 0.167 e. The number of ketones is 1. The van der Waals surface area contributed by atoms with E-state index < -0.39 is 0 Å². The molecule has 2 atom stereocenters. The summed E-state index contributed by atoms with van der Waals surface area (Å²) in [4.78, 5) is 18.5. The number of rotatable bonds is 14. The van der Waals surface area contributed by atoms with Crippen LogP contribution in [0.4, 0.5) is 5.69 Å². The zero-order chi connectivity index (χ0) is 34.4. The van der Waals surface area contributed by atoms with Gasteiger partial charge in [-0.05, 0) is 85.2 Å². The van der Waals surface area contributed by atoms with E-state index >= 15 is 0 Å². The van der Waals surface area contributed by atoms with E-state index in [1.54, 1.807) is 21.3 Å². The highest BCUT2D eigenvalue weighted by molar-refractivity contribution is 5.99. The number of hydrogen-bond acceptors (Lipinski definition) is 7. The maximum atomic E-state index is 13.8. The molecule has 0 saturated heterocycles. The molecule has 0 aromatic heterocycles. The SMILES string of the molecule is COc1ccc(C(=O)C/C(=C/CC2=C(CC3=CC(c4cccc(N)c4)=CCC3OC)N3C=CC=CC3N2C)CCC(C)C)c(C)c1OC. The molecule has 0 saturated carbocycles. The third kappa shape index (κ3) is 7.63. The third-order valence-electron chi connectivity index (χ3n) is 9.68.